The Morgan fingerprint density at radius 2 is 2.17 bits per heavy atom. The van der Waals surface area contributed by atoms with Crippen LogP contribution >= 0.6 is 0 Å². The molecule has 3 fully saturated rings. The molecule has 0 radical (unpaired) electrons. The summed E-state index contributed by atoms with van der Waals surface area (Å²) in [4.78, 5) is 11.8. The summed E-state index contributed by atoms with van der Waals surface area (Å²) in [6.07, 6.45) is 15.1. The van der Waals surface area contributed by atoms with Gasteiger partial charge in [-0.1, -0.05) is 30.6 Å². The fraction of sp³-hybridized carbons (Fsp3) is 0.682. The van der Waals surface area contributed by atoms with Crippen LogP contribution in [0.15, 0.2) is 23.8 Å². The van der Waals surface area contributed by atoms with Gasteiger partial charge in [0.25, 0.3) is 0 Å². The summed E-state index contributed by atoms with van der Waals surface area (Å²) in [5, 5.41) is 11.2. The number of hydrogen-bond donors (Lipinski definition) is 1. The lowest BCUT2D eigenvalue weighted by Gasteiger charge is -2.56. The van der Waals surface area contributed by atoms with Crippen LogP contribution in [-0.4, -0.2) is 16.5 Å². The van der Waals surface area contributed by atoms with Crippen LogP contribution < -0.4 is 0 Å². The maximum atomic E-state index is 11.8. The molecule has 5 unspecified atom stereocenters. The number of allylic oxidation sites excluding steroid dienone is 2. The van der Waals surface area contributed by atoms with Gasteiger partial charge in [-0.2, -0.15) is 0 Å². The summed E-state index contributed by atoms with van der Waals surface area (Å²) in [5.74, 6) is 5.13. The first kappa shape index (κ1) is 16.2. The van der Waals surface area contributed by atoms with Gasteiger partial charge in [0, 0.05) is 11.8 Å². The summed E-state index contributed by atoms with van der Waals surface area (Å²) >= 11 is 0. The molecule has 128 valence electrons. The molecule has 0 amide bonds. The molecule has 3 saturated carbocycles. The highest BCUT2D eigenvalue weighted by Gasteiger charge is 2.64. The first-order chi connectivity index (χ1) is 11.5. The van der Waals surface area contributed by atoms with Crippen molar-refractivity contribution in [2.45, 2.75) is 63.9 Å². The quantitative estimate of drug-likeness (QED) is 0.583. The topological polar surface area (TPSA) is 37.3 Å². The van der Waals surface area contributed by atoms with Gasteiger partial charge in [0.1, 0.15) is 5.60 Å². The average Bonchev–Trinajstić information content (AvgIpc) is 2.88. The van der Waals surface area contributed by atoms with E-state index in [-0.39, 0.29) is 5.41 Å². The highest BCUT2D eigenvalue weighted by Crippen LogP contribution is 2.67. The van der Waals surface area contributed by atoms with E-state index in [0.717, 1.165) is 44.9 Å². The third-order valence-electron chi connectivity index (χ3n) is 7.94. The van der Waals surface area contributed by atoms with Crippen molar-refractivity contribution < 1.29 is 9.90 Å². The van der Waals surface area contributed by atoms with Crippen molar-refractivity contribution in [3.8, 4) is 12.3 Å². The van der Waals surface area contributed by atoms with E-state index in [1.54, 1.807) is 0 Å². The second-order valence-corrected chi connectivity index (χ2v) is 8.55. The molecule has 24 heavy (non-hydrogen) atoms. The molecule has 0 spiro atoms. The minimum absolute atomic E-state index is 0.189. The van der Waals surface area contributed by atoms with Crippen molar-refractivity contribution in [1.82, 2.24) is 0 Å². The van der Waals surface area contributed by atoms with Crippen LogP contribution in [0, 0.1) is 41.4 Å². The van der Waals surface area contributed by atoms with Crippen molar-refractivity contribution in [3.05, 3.63) is 23.8 Å². The Morgan fingerprint density at radius 3 is 2.88 bits per heavy atom. The smallest absolute Gasteiger partial charge is 0.155 e. The second kappa shape index (κ2) is 5.33. The standard InChI is InChI=1S/C22H28O2/c1-4-21-13-14(3)20-17-9-7-16(23)12-15(17)6-8-18(20)19(21)10-11-22(21,24)5-2/h2,12,17-20,24H,3-4,6-11,13H2,1H3/t17?,18?,19?,20?,21?,22-/m0/s1. The molecule has 0 aliphatic heterocycles. The normalized spacial score (nSPS) is 47.3. The second-order valence-electron chi connectivity index (χ2n) is 8.55. The van der Waals surface area contributed by atoms with E-state index in [2.05, 4.69) is 19.4 Å². The predicted octanol–water partition coefficient (Wildman–Crippen LogP) is 4.05. The Bertz CT molecular complexity index is 666. The third kappa shape index (κ3) is 1.91. The number of terminal acetylenes is 1. The summed E-state index contributed by atoms with van der Waals surface area (Å²) < 4.78 is 0. The Hall–Kier alpha value is -1.33. The zero-order valence-electron chi connectivity index (χ0n) is 14.7. The summed E-state index contributed by atoms with van der Waals surface area (Å²) in [7, 11) is 0. The van der Waals surface area contributed by atoms with Gasteiger partial charge >= 0.3 is 0 Å². The molecule has 0 aromatic carbocycles. The van der Waals surface area contributed by atoms with Gasteiger partial charge in [0.05, 0.1) is 0 Å². The van der Waals surface area contributed by atoms with E-state index in [0.29, 0.717) is 35.9 Å². The molecule has 6 atom stereocenters. The van der Waals surface area contributed by atoms with Crippen molar-refractivity contribution in [2.75, 3.05) is 0 Å². The fourth-order valence-corrected chi connectivity index (χ4v) is 6.90. The first-order valence-electron chi connectivity index (χ1n) is 9.57. The van der Waals surface area contributed by atoms with E-state index in [9.17, 15) is 9.90 Å². The van der Waals surface area contributed by atoms with Gasteiger partial charge in [-0.3, -0.25) is 4.79 Å². The van der Waals surface area contributed by atoms with Gasteiger partial charge in [-0.25, -0.2) is 0 Å². The van der Waals surface area contributed by atoms with Crippen molar-refractivity contribution in [2.24, 2.45) is 29.1 Å². The van der Waals surface area contributed by atoms with Crippen molar-refractivity contribution >= 4 is 5.78 Å². The van der Waals surface area contributed by atoms with E-state index >= 15 is 0 Å². The average molecular weight is 324 g/mol. The number of rotatable bonds is 1. The first-order valence-corrected chi connectivity index (χ1v) is 9.57. The molecule has 0 bridgehead atoms. The van der Waals surface area contributed by atoms with E-state index < -0.39 is 5.60 Å². The summed E-state index contributed by atoms with van der Waals surface area (Å²) in [6.45, 7) is 6.65. The van der Waals surface area contributed by atoms with Crippen molar-refractivity contribution in [1.29, 1.82) is 0 Å². The maximum Gasteiger partial charge on any atom is 0.155 e. The fourth-order valence-electron chi connectivity index (χ4n) is 6.90. The van der Waals surface area contributed by atoms with Gasteiger partial charge in [-0.15, -0.1) is 6.42 Å². The Morgan fingerprint density at radius 1 is 1.38 bits per heavy atom. The summed E-state index contributed by atoms with van der Waals surface area (Å²) in [6, 6.07) is 0. The zero-order valence-corrected chi connectivity index (χ0v) is 14.7. The van der Waals surface area contributed by atoms with Crippen LogP contribution in [0.4, 0.5) is 0 Å². The molecule has 2 nitrogen and oxygen atoms in total. The lowest BCUT2D eigenvalue weighted by atomic mass is 9.48. The molecule has 0 aromatic heterocycles. The number of fused-ring (bicyclic) bond motifs is 5. The van der Waals surface area contributed by atoms with E-state index in [1.165, 1.54) is 11.1 Å². The Kier molecular flexibility index (Phi) is 3.59. The Labute approximate surface area is 145 Å². The molecule has 0 heterocycles. The monoisotopic (exact) mass is 324 g/mol. The predicted molar refractivity (Wildman–Crippen MR) is 95.0 cm³/mol. The zero-order chi connectivity index (χ0) is 17.1. The van der Waals surface area contributed by atoms with E-state index in [1.807, 2.05) is 6.08 Å². The van der Waals surface area contributed by atoms with Crippen molar-refractivity contribution in [3.63, 3.8) is 0 Å². The number of hydrogen-bond acceptors (Lipinski definition) is 2. The number of ketones is 1. The largest absolute Gasteiger partial charge is 0.377 e. The van der Waals surface area contributed by atoms with Crippen LogP contribution in [0.5, 0.6) is 0 Å². The molecule has 1 N–H and O–H groups in total. The molecule has 0 saturated heterocycles. The van der Waals surface area contributed by atoms with E-state index in [4.69, 9.17) is 6.42 Å². The Balaban J connectivity index is 1.74. The summed E-state index contributed by atoms with van der Waals surface area (Å²) in [5.41, 5.74) is 1.48. The van der Waals surface area contributed by atoms with Crippen LogP contribution in [0.25, 0.3) is 0 Å². The van der Waals surface area contributed by atoms with Gasteiger partial charge in [0.2, 0.25) is 0 Å². The SMILES string of the molecule is C#C[C@]1(O)CCC2C3CCC4=CC(=O)CCC4C3C(=C)CC21CC. The minimum atomic E-state index is -0.973. The van der Waals surface area contributed by atoms with Crippen LogP contribution in [0.3, 0.4) is 0 Å². The molecule has 4 aliphatic carbocycles. The number of carbonyl (C=O) groups excluding carboxylic acids is 1. The molecule has 2 heteroatoms. The lowest BCUT2D eigenvalue weighted by molar-refractivity contribution is -0.116. The van der Waals surface area contributed by atoms with Crippen LogP contribution in [-0.2, 0) is 4.79 Å². The molecule has 0 aromatic rings. The maximum absolute atomic E-state index is 11.8. The number of carbonyl (C=O) groups is 1. The minimum Gasteiger partial charge on any atom is -0.377 e. The number of aliphatic hydroxyl groups is 1. The third-order valence-corrected chi connectivity index (χ3v) is 7.94. The molecule has 4 aliphatic rings. The lowest BCUT2D eigenvalue weighted by Crippen LogP contribution is -2.54. The highest BCUT2D eigenvalue weighted by molar-refractivity contribution is 5.91. The highest BCUT2D eigenvalue weighted by atomic mass is 16.3. The van der Waals surface area contributed by atoms with Crippen LogP contribution in [0.1, 0.15) is 58.3 Å². The molecule has 4 rings (SSSR count). The molecular weight excluding hydrogens is 296 g/mol. The molecular formula is C22H28O2. The van der Waals surface area contributed by atoms with Gasteiger partial charge < -0.3 is 5.11 Å². The van der Waals surface area contributed by atoms with Gasteiger partial charge in [0.15, 0.2) is 5.78 Å². The van der Waals surface area contributed by atoms with Gasteiger partial charge in [-0.05, 0) is 74.7 Å². The van der Waals surface area contributed by atoms with Crippen LogP contribution in [0.2, 0.25) is 0 Å².